The molecule has 0 bridgehead atoms. The molecule has 0 saturated carbocycles. The fourth-order valence-corrected chi connectivity index (χ4v) is 3.50. The van der Waals surface area contributed by atoms with Crippen LogP contribution in [0.2, 0.25) is 0 Å². The highest BCUT2D eigenvalue weighted by Crippen LogP contribution is 2.24. The first-order valence-corrected chi connectivity index (χ1v) is 8.98. The quantitative estimate of drug-likeness (QED) is 0.909. The Morgan fingerprint density at radius 1 is 1.38 bits per heavy atom. The molecule has 4 heteroatoms. The second-order valence-corrected chi connectivity index (χ2v) is 7.13. The van der Waals surface area contributed by atoms with Crippen LogP contribution in [-0.2, 0) is 5.75 Å². The van der Waals surface area contributed by atoms with Crippen molar-refractivity contribution >= 4 is 17.7 Å². The normalized spacial score (nSPS) is 22.3. The highest BCUT2D eigenvalue weighted by Gasteiger charge is 2.29. The Hall–Kier alpha value is -1.00. The second-order valence-electron chi connectivity index (χ2n) is 5.85. The van der Waals surface area contributed by atoms with Gasteiger partial charge in [-0.15, -0.1) is 0 Å². The van der Waals surface area contributed by atoms with Crippen molar-refractivity contribution in [2.24, 2.45) is 11.7 Å². The molecule has 1 aliphatic heterocycles. The van der Waals surface area contributed by atoms with E-state index in [1.807, 2.05) is 28.8 Å². The van der Waals surface area contributed by atoms with Crippen LogP contribution in [0.3, 0.4) is 0 Å². The zero-order valence-electron chi connectivity index (χ0n) is 13.0. The number of amides is 1. The van der Waals surface area contributed by atoms with Gasteiger partial charge in [0.15, 0.2) is 0 Å². The molecule has 0 aliphatic carbocycles. The van der Waals surface area contributed by atoms with Crippen molar-refractivity contribution in [1.82, 2.24) is 4.90 Å². The molecule has 1 aromatic carbocycles. The van der Waals surface area contributed by atoms with Crippen LogP contribution >= 0.6 is 11.8 Å². The number of rotatable bonds is 5. The number of hydrogen-bond donors (Lipinski definition) is 1. The van der Waals surface area contributed by atoms with Crippen molar-refractivity contribution in [3.8, 4) is 0 Å². The van der Waals surface area contributed by atoms with E-state index >= 15 is 0 Å². The Labute approximate surface area is 132 Å². The summed E-state index contributed by atoms with van der Waals surface area (Å²) in [5, 5.41) is 0. The van der Waals surface area contributed by atoms with Crippen molar-refractivity contribution in [3.05, 3.63) is 35.4 Å². The predicted octanol–water partition coefficient (Wildman–Crippen LogP) is 3.14. The van der Waals surface area contributed by atoms with E-state index in [1.165, 1.54) is 5.56 Å². The van der Waals surface area contributed by atoms with E-state index in [9.17, 15) is 4.79 Å². The average Bonchev–Trinajstić information content (AvgIpc) is 2.52. The number of thioether (sulfide) groups is 1. The topological polar surface area (TPSA) is 46.3 Å². The van der Waals surface area contributed by atoms with E-state index in [0.29, 0.717) is 12.5 Å². The first-order valence-electron chi connectivity index (χ1n) is 7.83. The number of carbonyl (C=O) groups is 1. The zero-order valence-corrected chi connectivity index (χ0v) is 13.9. The van der Waals surface area contributed by atoms with Gasteiger partial charge in [-0.3, -0.25) is 4.79 Å². The molecule has 2 N–H and O–H groups in total. The number of benzene rings is 1. The molecule has 116 valence electrons. The summed E-state index contributed by atoms with van der Waals surface area (Å²) >= 11 is 1.90. The van der Waals surface area contributed by atoms with Crippen molar-refractivity contribution < 1.29 is 4.79 Å². The molecular formula is C17H26N2OS. The van der Waals surface area contributed by atoms with Crippen LogP contribution in [0.25, 0.3) is 0 Å². The molecule has 1 amide bonds. The van der Waals surface area contributed by atoms with Crippen LogP contribution in [0.4, 0.5) is 0 Å². The van der Waals surface area contributed by atoms with Crippen LogP contribution in [0.5, 0.6) is 0 Å². The molecule has 2 rings (SSSR count). The van der Waals surface area contributed by atoms with Crippen LogP contribution in [0.1, 0.15) is 42.6 Å². The van der Waals surface area contributed by atoms with Crippen LogP contribution in [0, 0.1) is 5.92 Å². The van der Waals surface area contributed by atoms with Crippen LogP contribution < -0.4 is 5.73 Å². The zero-order chi connectivity index (χ0) is 15.2. The SMILES string of the molecule is CCSCc1ccc(C(=O)N2CCC(C)CC2CN)cc1. The van der Waals surface area contributed by atoms with Gasteiger partial charge in [0.25, 0.3) is 5.91 Å². The van der Waals surface area contributed by atoms with E-state index in [2.05, 4.69) is 26.0 Å². The first-order chi connectivity index (χ1) is 10.2. The van der Waals surface area contributed by atoms with Gasteiger partial charge < -0.3 is 10.6 Å². The number of nitrogens with two attached hydrogens (primary N) is 1. The van der Waals surface area contributed by atoms with E-state index < -0.39 is 0 Å². The van der Waals surface area contributed by atoms with Gasteiger partial charge in [-0.2, -0.15) is 11.8 Å². The maximum Gasteiger partial charge on any atom is 0.254 e. The van der Waals surface area contributed by atoms with Gasteiger partial charge in [-0.1, -0.05) is 26.0 Å². The monoisotopic (exact) mass is 306 g/mol. The number of nitrogens with zero attached hydrogens (tertiary/aromatic N) is 1. The van der Waals surface area contributed by atoms with Crippen LogP contribution in [0.15, 0.2) is 24.3 Å². The Balaban J connectivity index is 2.04. The molecule has 2 atom stereocenters. The number of likely N-dealkylation sites (tertiary alicyclic amines) is 1. The standard InChI is InChI=1S/C17H26N2OS/c1-3-21-12-14-4-6-15(7-5-14)17(20)19-9-8-13(2)10-16(19)11-18/h4-7,13,16H,3,8-12,18H2,1-2H3. The molecule has 3 nitrogen and oxygen atoms in total. The predicted molar refractivity (Wildman–Crippen MR) is 90.6 cm³/mol. The van der Waals surface area contributed by atoms with Crippen molar-refractivity contribution in [2.75, 3.05) is 18.8 Å². The van der Waals surface area contributed by atoms with Gasteiger partial charge in [0.05, 0.1) is 0 Å². The van der Waals surface area contributed by atoms with Gasteiger partial charge in [-0.25, -0.2) is 0 Å². The highest BCUT2D eigenvalue weighted by molar-refractivity contribution is 7.98. The van der Waals surface area contributed by atoms with E-state index in [0.717, 1.165) is 36.5 Å². The first kappa shape index (κ1) is 16.4. The minimum atomic E-state index is 0.132. The molecule has 1 fully saturated rings. The lowest BCUT2D eigenvalue weighted by atomic mass is 9.92. The van der Waals surface area contributed by atoms with Gasteiger partial charge in [-0.05, 0) is 42.2 Å². The molecule has 21 heavy (non-hydrogen) atoms. The van der Waals surface area contributed by atoms with E-state index in [4.69, 9.17) is 5.73 Å². The lowest BCUT2D eigenvalue weighted by Gasteiger charge is -2.38. The average molecular weight is 306 g/mol. The Morgan fingerprint density at radius 2 is 2.10 bits per heavy atom. The Kier molecular flexibility index (Phi) is 6.12. The number of carbonyl (C=O) groups excluding carboxylic acids is 1. The van der Waals surface area contributed by atoms with E-state index in [1.54, 1.807) is 0 Å². The Bertz CT molecular complexity index is 460. The lowest BCUT2D eigenvalue weighted by molar-refractivity contribution is 0.0573. The minimum absolute atomic E-state index is 0.132. The maximum atomic E-state index is 12.7. The second kappa shape index (κ2) is 7.85. The lowest BCUT2D eigenvalue weighted by Crippen LogP contribution is -2.49. The molecule has 1 aromatic rings. The van der Waals surface area contributed by atoms with Gasteiger partial charge in [0.2, 0.25) is 0 Å². The fraction of sp³-hybridized carbons (Fsp3) is 0.588. The maximum absolute atomic E-state index is 12.7. The largest absolute Gasteiger partial charge is 0.334 e. The van der Waals surface area contributed by atoms with E-state index in [-0.39, 0.29) is 11.9 Å². The summed E-state index contributed by atoms with van der Waals surface area (Å²) in [4.78, 5) is 14.6. The minimum Gasteiger partial charge on any atom is -0.334 e. The summed E-state index contributed by atoms with van der Waals surface area (Å²) in [6.07, 6.45) is 2.10. The number of piperidine rings is 1. The third kappa shape index (κ3) is 4.24. The summed E-state index contributed by atoms with van der Waals surface area (Å²) in [6.45, 7) is 5.79. The van der Waals surface area contributed by atoms with Gasteiger partial charge in [0.1, 0.15) is 0 Å². The molecule has 0 radical (unpaired) electrons. The van der Waals surface area contributed by atoms with Crippen molar-refractivity contribution in [2.45, 2.75) is 38.5 Å². The van der Waals surface area contributed by atoms with Gasteiger partial charge in [0, 0.05) is 30.4 Å². The summed E-state index contributed by atoms with van der Waals surface area (Å²) in [5.41, 5.74) is 7.92. The molecule has 2 unspecified atom stereocenters. The highest BCUT2D eigenvalue weighted by atomic mass is 32.2. The molecular weight excluding hydrogens is 280 g/mol. The summed E-state index contributed by atoms with van der Waals surface area (Å²) in [7, 11) is 0. The third-order valence-corrected chi connectivity index (χ3v) is 5.13. The third-order valence-electron chi connectivity index (χ3n) is 4.18. The molecule has 0 spiro atoms. The molecule has 0 aromatic heterocycles. The number of hydrogen-bond acceptors (Lipinski definition) is 3. The molecule has 1 heterocycles. The summed E-state index contributed by atoms with van der Waals surface area (Å²) in [5.74, 6) is 2.92. The van der Waals surface area contributed by atoms with Crippen LogP contribution in [-0.4, -0.2) is 35.7 Å². The fourth-order valence-electron chi connectivity index (χ4n) is 2.87. The smallest absolute Gasteiger partial charge is 0.254 e. The summed E-state index contributed by atoms with van der Waals surface area (Å²) in [6, 6.07) is 8.25. The van der Waals surface area contributed by atoms with Gasteiger partial charge >= 0.3 is 0 Å². The Morgan fingerprint density at radius 3 is 2.71 bits per heavy atom. The van der Waals surface area contributed by atoms with Crippen molar-refractivity contribution in [1.29, 1.82) is 0 Å². The summed E-state index contributed by atoms with van der Waals surface area (Å²) < 4.78 is 0. The molecule has 1 saturated heterocycles. The molecule has 1 aliphatic rings. The van der Waals surface area contributed by atoms with Crippen molar-refractivity contribution in [3.63, 3.8) is 0 Å².